The maximum Gasteiger partial charge on any atom is 0.134 e. The molecule has 0 spiro atoms. The third-order valence-corrected chi connectivity index (χ3v) is 4.59. The molecule has 0 amide bonds. The van der Waals surface area contributed by atoms with Crippen LogP contribution in [0.5, 0.6) is 0 Å². The molecule has 3 heterocycles. The average molecular weight is 332 g/mol. The van der Waals surface area contributed by atoms with Crippen molar-refractivity contribution in [3.8, 4) is 11.1 Å². The SMILES string of the molecule is CCc1cc(-c2cn[nH]c2)ccc1N(C)c1cc2c(cn1)ncn2C. The Balaban J connectivity index is 1.75. The number of imidazole rings is 1. The molecule has 6 nitrogen and oxygen atoms in total. The Hall–Kier alpha value is -3.15. The standard InChI is InChI=1S/C19H20N6/c1-4-13-7-14(15-9-22-23-10-15)5-6-17(13)25(3)19-8-18-16(11-20-19)21-12-24(18)2/h5-12H,4H2,1-3H3,(H,22,23). The number of anilines is 2. The van der Waals surface area contributed by atoms with E-state index < -0.39 is 0 Å². The molecule has 0 aliphatic heterocycles. The first-order valence-corrected chi connectivity index (χ1v) is 8.30. The summed E-state index contributed by atoms with van der Waals surface area (Å²) in [6.45, 7) is 2.17. The Morgan fingerprint density at radius 3 is 2.76 bits per heavy atom. The predicted octanol–water partition coefficient (Wildman–Crippen LogP) is 3.69. The molecule has 0 saturated heterocycles. The van der Waals surface area contributed by atoms with E-state index in [1.165, 1.54) is 5.56 Å². The van der Waals surface area contributed by atoms with E-state index >= 15 is 0 Å². The van der Waals surface area contributed by atoms with Gasteiger partial charge in [0.1, 0.15) is 11.3 Å². The molecule has 0 unspecified atom stereocenters. The first kappa shape index (κ1) is 15.4. The highest BCUT2D eigenvalue weighted by atomic mass is 15.2. The average Bonchev–Trinajstić information content (AvgIpc) is 3.31. The van der Waals surface area contributed by atoms with Crippen molar-refractivity contribution < 1.29 is 0 Å². The summed E-state index contributed by atoms with van der Waals surface area (Å²) in [5.74, 6) is 0.905. The van der Waals surface area contributed by atoms with Gasteiger partial charge in [-0.3, -0.25) is 5.10 Å². The molecule has 1 aromatic carbocycles. The smallest absolute Gasteiger partial charge is 0.134 e. The normalized spacial score (nSPS) is 11.2. The van der Waals surface area contributed by atoms with E-state index in [-0.39, 0.29) is 0 Å². The first-order valence-electron chi connectivity index (χ1n) is 8.30. The van der Waals surface area contributed by atoms with E-state index in [0.717, 1.165) is 40.1 Å². The van der Waals surface area contributed by atoms with Crippen LogP contribution >= 0.6 is 0 Å². The van der Waals surface area contributed by atoms with Crippen LogP contribution in [0.15, 0.2) is 49.2 Å². The molecule has 0 aliphatic carbocycles. The van der Waals surface area contributed by atoms with Gasteiger partial charge >= 0.3 is 0 Å². The number of benzene rings is 1. The summed E-state index contributed by atoms with van der Waals surface area (Å²) in [5, 5.41) is 6.91. The lowest BCUT2D eigenvalue weighted by Gasteiger charge is -2.22. The molecule has 0 atom stereocenters. The van der Waals surface area contributed by atoms with Gasteiger partial charge in [-0.25, -0.2) is 9.97 Å². The van der Waals surface area contributed by atoms with Gasteiger partial charge in [-0.05, 0) is 29.7 Å². The van der Waals surface area contributed by atoms with E-state index in [1.54, 1.807) is 0 Å². The summed E-state index contributed by atoms with van der Waals surface area (Å²) < 4.78 is 2.01. The van der Waals surface area contributed by atoms with Crippen LogP contribution < -0.4 is 4.90 Å². The lowest BCUT2D eigenvalue weighted by atomic mass is 10.0. The van der Waals surface area contributed by atoms with Crippen LogP contribution in [0.4, 0.5) is 11.5 Å². The Morgan fingerprint density at radius 2 is 2.00 bits per heavy atom. The van der Waals surface area contributed by atoms with Crippen LogP contribution in [-0.4, -0.2) is 31.8 Å². The summed E-state index contributed by atoms with van der Waals surface area (Å²) >= 11 is 0. The fourth-order valence-corrected chi connectivity index (χ4v) is 3.11. The Morgan fingerprint density at radius 1 is 1.12 bits per heavy atom. The Bertz CT molecular complexity index is 1020. The number of nitrogens with zero attached hydrogens (tertiary/aromatic N) is 5. The zero-order valence-corrected chi connectivity index (χ0v) is 14.6. The maximum absolute atomic E-state index is 4.58. The fraction of sp³-hybridized carbons (Fsp3) is 0.211. The second-order valence-corrected chi connectivity index (χ2v) is 6.13. The summed E-state index contributed by atoms with van der Waals surface area (Å²) in [6.07, 6.45) is 8.34. The number of hydrogen-bond acceptors (Lipinski definition) is 4. The van der Waals surface area contributed by atoms with Crippen LogP contribution in [0.1, 0.15) is 12.5 Å². The van der Waals surface area contributed by atoms with Crippen LogP contribution in [0, 0.1) is 0 Å². The highest BCUT2D eigenvalue weighted by Crippen LogP contribution is 2.31. The topological polar surface area (TPSA) is 62.6 Å². The van der Waals surface area contributed by atoms with Crippen molar-refractivity contribution in [2.75, 3.05) is 11.9 Å². The molecule has 0 radical (unpaired) electrons. The minimum Gasteiger partial charge on any atom is -0.334 e. The molecule has 4 rings (SSSR count). The van der Waals surface area contributed by atoms with Gasteiger partial charge < -0.3 is 9.47 Å². The van der Waals surface area contributed by atoms with Crippen molar-refractivity contribution in [1.29, 1.82) is 0 Å². The van der Waals surface area contributed by atoms with Crippen molar-refractivity contribution in [3.63, 3.8) is 0 Å². The zero-order valence-electron chi connectivity index (χ0n) is 14.6. The number of rotatable bonds is 4. The summed E-state index contributed by atoms with van der Waals surface area (Å²) in [4.78, 5) is 11.0. The van der Waals surface area contributed by atoms with Gasteiger partial charge in [0.25, 0.3) is 0 Å². The van der Waals surface area contributed by atoms with Crippen molar-refractivity contribution in [2.45, 2.75) is 13.3 Å². The first-order chi connectivity index (χ1) is 12.2. The van der Waals surface area contributed by atoms with Gasteiger partial charge in [0, 0.05) is 37.6 Å². The molecule has 0 saturated carbocycles. The molecule has 25 heavy (non-hydrogen) atoms. The molecule has 1 N–H and O–H groups in total. The van der Waals surface area contributed by atoms with Crippen molar-refractivity contribution >= 4 is 22.5 Å². The molecule has 3 aromatic heterocycles. The maximum atomic E-state index is 4.58. The highest BCUT2D eigenvalue weighted by Gasteiger charge is 2.13. The van der Waals surface area contributed by atoms with Crippen LogP contribution in [0.2, 0.25) is 0 Å². The van der Waals surface area contributed by atoms with Crippen molar-refractivity contribution in [3.05, 3.63) is 54.7 Å². The van der Waals surface area contributed by atoms with Crippen LogP contribution in [-0.2, 0) is 13.5 Å². The zero-order chi connectivity index (χ0) is 17.4. The third kappa shape index (κ3) is 2.65. The second kappa shape index (κ2) is 6.05. The number of aryl methyl sites for hydroxylation is 2. The van der Waals surface area contributed by atoms with Gasteiger partial charge in [-0.2, -0.15) is 5.10 Å². The van der Waals surface area contributed by atoms with Gasteiger partial charge in [-0.15, -0.1) is 0 Å². The Labute approximate surface area is 146 Å². The van der Waals surface area contributed by atoms with Gasteiger partial charge in [-0.1, -0.05) is 13.0 Å². The third-order valence-electron chi connectivity index (χ3n) is 4.59. The Kier molecular flexibility index (Phi) is 3.72. The second-order valence-electron chi connectivity index (χ2n) is 6.13. The molecule has 126 valence electrons. The van der Waals surface area contributed by atoms with Crippen LogP contribution in [0.3, 0.4) is 0 Å². The monoisotopic (exact) mass is 332 g/mol. The number of aromatic amines is 1. The van der Waals surface area contributed by atoms with E-state index in [9.17, 15) is 0 Å². The number of hydrogen-bond donors (Lipinski definition) is 1. The van der Waals surface area contributed by atoms with E-state index in [1.807, 2.05) is 36.5 Å². The minimum absolute atomic E-state index is 0.905. The number of H-pyrrole nitrogens is 1. The van der Waals surface area contributed by atoms with E-state index in [4.69, 9.17) is 0 Å². The number of fused-ring (bicyclic) bond motifs is 1. The molecule has 0 aliphatic rings. The fourth-order valence-electron chi connectivity index (χ4n) is 3.11. The number of nitrogens with one attached hydrogen (secondary N) is 1. The summed E-state index contributed by atoms with van der Waals surface area (Å²) in [6, 6.07) is 8.57. The van der Waals surface area contributed by atoms with Gasteiger partial charge in [0.2, 0.25) is 0 Å². The number of aromatic nitrogens is 5. The molecular formula is C19H20N6. The largest absolute Gasteiger partial charge is 0.334 e. The van der Waals surface area contributed by atoms with E-state index in [0.29, 0.717) is 0 Å². The lowest BCUT2D eigenvalue weighted by Crippen LogP contribution is -2.13. The number of pyridine rings is 1. The lowest BCUT2D eigenvalue weighted by molar-refractivity contribution is 0.946. The molecule has 0 bridgehead atoms. The predicted molar refractivity (Wildman–Crippen MR) is 100.0 cm³/mol. The highest BCUT2D eigenvalue weighted by molar-refractivity contribution is 5.79. The van der Waals surface area contributed by atoms with Crippen LogP contribution in [0.25, 0.3) is 22.2 Å². The summed E-state index contributed by atoms with van der Waals surface area (Å²) in [5.41, 5.74) is 6.67. The van der Waals surface area contributed by atoms with E-state index in [2.05, 4.69) is 63.3 Å². The molecule has 6 heteroatoms. The summed E-state index contributed by atoms with van der Waals surface area (Å²) in [7, 11) is 4.05. The van der Waals surface area contributed by atoms with Gasteiger partial charge in [0.05, 0.1) is 24.2 Å². The van der Waals surface area contributed by atoms with Crippen molar-refractivity contribution in [1.82, 2.24) is 24.7 Å². The quantitative estimate of drug-likeness (QED) is 0.619. The molecule has 4 aromatic rings. The molecule has 0 fully saturated rings. The van der Waals surface area contributed by atoms with Gasteiger partial charge in [0.15, 0.2) is 0 Å². The van der Waals surface area contributed by atoms with Crippen molar-refractivity contribution in [2.24, 2.45) is 7.05 Å². The minimum atomic E-state index is 0.905. The molecular weight excluding hydrogens is 312 g/mol.